The average molecular weight is 596 g/mol. The molecule has 1 spiro atoms. The highest BCUT2D eigenvalue weighted by molar-refractivity contribution is 6.36. The second kappa shape index (κ2) is 9.41. The van der Waals surface area contributed by atoms with E-state index < -0.39 is 40.3 Å². The molecule has 2 aromatic carbocycles. The second-order valence-corrected chi connectivity index (χ2v) is 10.7. The fourth-order valence-electron chi connectivity index (χ4n) is 6.17. The monoisotopic (exact) mass is 595 g/mol. The third-order valence-corrected chi connectivity index (χ3v) is 8.63. The van der Waals surface area contributed by atoms with Crippen LogP contribution in [0.3, 0.4) is 0 Å². The number of nitrogens with zero attached hydrogens (tertiary/aromatic N) is 1. The molecule has 0 radical (unpaired) electrons. The molecule has 1 aliphatic carbocycles. The second-order valence-electron chi connectivity index (χ2n) is 10.4. The molecule has 3 aromatic rings. The average Bonchev–Trinajstić information content (AvgIpc) is 3.29. The number of anilines is 1. The van der Waals surface area contributed by atoms with Crippen molar-refractivity contribution in [3.05, 3.63) is 78.1 Å². The predicted octanol–water partition coefficient (Wildman–Crippen LogP) is 2.89. The number of rotatable bonds is 4. The van der Waals surface area contributed by atoms with Gasteiger partial charge in [0.25, 0.3) is 5.56 Å². The zero-order valence-corrected chi connectivity index (χ0v) is 24.0. The molecule has 42 heavy (non-hydrogen) atoms. The molecule has 0 amide bonds. The first-order valence-electron chi connectivity index (χ1n) is 12.9. The first-order valence-corrected chi connectivity index (χ1v) is 13.3. The summed E-state index contributed by atoms with van der Waals surface area (Å²) in [6, 6.07) is 5.87. The summed E-state index contributed by atoms with van der Waals surface area (Å²) in [5.74, 6) is -2.65. The molecular formula is C29H26ClN3O9. The van der Waals surface area contributed by atoms with Gasteiger partial charge in [0, 0.05) is 36.2 Å². The van der Waals surface area contributed by atoms with E-state index in [-0.39, 0.29) is 62.7 Å². The maximum absolute atomic E-state index is 14.8. The number of ether oxygens (including phenoxy) is 4. The first kappa shape index (κ1) is 27.5. The summed E-state index contributed by atoms with van der Waals surface area (Å²) < 4.78 is 23.6. The topological polar surface area (TPSA) is 158 Å². The Bertz CT molecular complexity index is 1880. The van der Waals surface area contributed by atoms with Crippen molar-refractivity contribution in [2.24, 2.45) is 13.0 Å². The molecule has 0 saturated carbocycles. The van der Waals surface area contributed by atoms with Gasteiger partial charge in [-0.3, -0.25) is 23.9 Å². The normalized spacial score (nSPS) is 22.2. The summed E-state index contributed by atoms with van der Waals surface area (Å²) in [4.78, 5) is 57.3. The quantitative estimate of drug-likeness (QED) is 0.383. The Hall–Kier alpha value is -4.71. The van der Waals surface area contributed by atoms with Crippen LogP contribution < -0.4 is 35.5 Å². The van der Waals surface area contributed by atoms with E-state index in [1.165, 1.54) is 51.1 Å². The number of hydrogen-bond donors (Lipinski definition) is 3. The summed E-state index contributed by atoms with van der Waals surface area (Å²) in [6.45, 7) is 1.70. The van der Waals surface area contributed by atoms with E-state index >= 15 is 0 Å². The molecule has 3 aliphatic rings. The number of aromatic amines is 1. The van der Waals surface area contributed by atoms with Crippen molar-refractivity contribution in [1.29, 1.82) is 0 Å². The molecular weight excluding hydrogens is 570 g/mol. The highest BCUT2D eigenvalue weighted by Gasteiger charge is 2.63. The van der Waals surface area contributed by atoms with E-state index in [2.05, 4.69) is 10.3 Å². The van der Waals surface area contributed by atoms with Gasteiger partial charge in [0.15, 0.2) is 17.2 Å². The third kappa shape index (κ3) is 3.47. The lowest BCUT2D eigenvalue weighted by Crippen LogP contribution is -2.58. The van der Waals surface area contributed by atoms with E-state index in [1.807, 2.05) is 0 Å². The van der Waals surface area contributed by atoms with Crippen LogP contribution in [-0.4, -0.2) is 53.2 Å². The summed E-state index contributed by atoms with van der Waals surface area (Å²) in [7, 11) is 5.63. The van der Waals surface area contributed by atoms with Crippen LogP contribution >= 0.6 is 11.6 Å². The number of H-pyrrole nitrogens is 1. The van der Waals surface area contributed by atoms with Gasteiger partial charge in [-0.2, -0.15) is 0 Å². The molecule has 3 N–H and O–H groups in total. The lowest BCUT2D eigenvalue weighted by molar-refractivity contribution is -0.130. The molecule has 1 unspecified atom stereocenters. The number of phenolic OH excluding ortho intramolecular Hbond substituents is 1. The van der Waals surface area contributed by atoms with Gasteiger partial charge < -0.3 is 29.4 Å². The van der Waals surface area contributed by atoms with Crippen LogP contribution in [0.5, 0.6) is 28.7 Å². The number of fused-ring (bicyclic) bond motifs is 2. The Morgan fingerprint density at radius 1 is 1.02 bits per heavy atom. The van der Waals surface area contributed by atoms with Crippen molar-refractivity contribution < 1.29 is 33.6 Å². The fraction of sp³-hybridized carbons (Fsp3) is 0.310. The lowest BCUT2D eigenvalue weighted by Gasteiger charge is -2.42. The van der Waals surface area contributed by atoms with Crippen LogP contribution in [0.4, 0.5) is 5.82 Å². The Morgan fingerprint density at radius 3 is 2.38 bits per heavy atom. The van der Waals surface area contributed by atoms with Crippen LogP contribution in [0.25, 0.3) is 0 Å². The van der Waals surface area contributed by atoms with Gasteiger partial charge in [0.1, 0.15) is 27.9 Å². The number of carbonyl (C=O) groups is 2. The summed E-state index contributed by atoms with van der Waals surface area (Å²) in [6.07, 6.45) is 0.143. The smallest absolute Gasteiger partial charge is 0.329 e. The third-order valence-electron chi connectivity index (χ3n) is 8.27. The summed E-state index contributed by atoms with van der Waals surface area (Å²) in [5.41, 5.74) is -2.39. The highest BCUT2D eigenvalue weighted by atomic mass is 35.5. The molecule has 3 heterocycles. The standard InChI is InChI=1S/C29H26ClN3O9/c1-11-8-13-19(24(35)29(11)25(36)20-16(40-4)10-17(41-5)22(30)23(20)42-29)18(12-6-7-14(34)15(9-12)39-3)21-26(31-13)33(2)28(38)32-27(21)37/h6-7,9-11,18,31,34H,8H2,1-5H3,(H,32,37,38)/t11-,18?,29+/m1/s1. The van der Waals surface area contributed by atoms with Crippen molar-refractivity contribution in [3.63, 3.8) is 0 Å². The minimum atomic E-state index is -2.03. The number of carbonyl (C=O) groups excluding carboxylic acids is 2. The maximum atomic E-state index is 14.8. The number of allylic oxidation sites excluding steroid dienone is 1. The van der Waals surface area contributed by atoms with Crippen LogP contribution in [0.15, 0.2) is 45.1 Å². The number of benzene rings is 2. The minimum absolute atomic E-state index is 0.0108. The zero-order chi connectivity index (χ0) is 30.2. The van der Waals surface area contributed by atoms with Gasteiger partial charge in [-0.25, -0.2) is 4.79 Å². The maximum Gasteiger partial charge on any atom is 0.329 e. The number of aromatic nitrogens is 2. The number of methoxy groups -OCH3 is 3. The SMILES string of the molecule is COc1cc(C2C3=C(C[C@@H](C)[C@]4(Oc5c(Cl)c(OC)cc(OC)c5C4=O)C3=O)Nc3c2c(=O)[nH]c(=O)n3C)ccc1O. The van der Waals surface area contributed by atoms with Crippen molar-refractivity contribution in [3.8, 4) is 28.7 Å². The van der Waals surface area contributed by atoms with Gasteiger partial charge in [-0.1, -0.05) is 24.6 Å². The number of phenols is 1. The Balaban J connectivity index is 1.61. The number of nitrogens with one attached hydrogen (secondary N) is 2. The zero-order valence-electron chi connectivity index (χ0n) is 23.2. The first-order chi connectivity index (χ1) is 20.0. The van der Waals surface area contributed by atoms with E-state index in [9.17, 15) is 24.3 Å². The van der Waals surface area contributed by atoms with Crippen molar-refractivity contribution in [2.75, 3.05) is 26.6 Å². The Labute approximate surface area is 243 Å². The largest absolute Gasteiger partial charge is 0.504 e. The van der Waals surface area contributed by atoms with Gasteiger partial charge in [0.05, 0.1) is 26.9 Å². The molecule has 2 aliphatic heterocycles. The molecule has 1 aromatic heterocycles. The van der Waals surface area contributed by atoms with E-state index in [0.29, 0.717) is 11.3 Å². The van der Waals surface area contributed by atoms with E-state index in [1.54, 1.807) is 13.0 Å². The van der Waals surface area contributed by atoms with E-state index in [4.69, 9.17) is 30.5 Å². The van der Waals surface area contributed by atoms with Crippen LogP contribution in [-0.2, 0) is 11.8 Å². The Morgan fingerprint density at radius 2 is 1.71 bits per heavy atom. The van der Waals surface area contributed by atoms with Gasteiger partial charge in [-0.05, 0) is 24.1 Å². The lowest BCUT2D eigenvalue weighted by atomic mass is 9.66. The number of halogens is 1. The molecule has 0 bridgehead atoms. The van der Waals surface area contributed by atoms with Crippen LogP contribution in [0, 0.1) is 5.92 Å². The molecule has 0 fully saturated rings. The number of ketones is 2. The highest BCUT2D eigenvalue weighted by Crippen LogP contribution is 2.56. The molecule has 3 atom stereocenters. The van der Waals surface area contributed by atoms with Gasteiger partial charge in [-0.15, -0.1) is 0 Å². The van der Waals surface area contributed by atoms with Gasteiger partial charge >= 0.3 is 5.69 Å². The van der Waals surface area contributed by atoms with Crippen LogP contribution in [0.2, 0.25) is 5.02 Å². The predicted molar refractivity (Wildman–Crippen MR) is 150 cm³/mol. The number of aromatic hydroxyl groups is 1. The summed E-state index contributed by atoms with van der Waals surface area (Å²) >= 11 is 6.57. The minimum Gasteiger partial charge on any atom is -0.504 e. The fourth-order valence-corrected chi connectivity index (χ4v) is 6.44. The molecule has 0 saturated heterocycles. The van der Waals surface area contributed by atoms with E-state index in [0.717, 1.165) is 0 Å². The molecule has 13 heteroatoms. The van der Waals surface area contributed by atoms with Crippen molar-refractivity contribution >= 4 is 29.0 Å². The van der Waals surface area contributed by atoms with Crippen molar-refractivity contribution in [2.45, 2.75) is 24.9 Å². The van der Waals surface area contributed by atoms with Crippen molar-refractivity contribution in [1.82, 2.24) is 9.55 Å². The molecule has 218 valence electrons. The molecule has 12 nitrogen and oxygen atoms in total. The molecule has 6 rings (SSSR count). The van der Waals surface area contributed by atoms with Crippen LogP contribution in [0.1, 0.15) is 40.7 Å². The Kier molecular flexibility index (Phi) is 6.15. The summed E-state index contributed by atoms with van der Waals surface area (Å²) in [5, 5.41) is 13.4. The number of Topliss-reactive ketones (excluding diaryl/α,β-unsaturated/α-hetero) is 2. The van der Waals surface area contributed by atoms with Gasteiger partial charge in [0.2, 0.25) is 17.2 Å². The number of hydrogen-bond acceptors (Lipinski definition) is 10.